The summed E-state index contributed by atoms with van der Waals surface area (Å²) in [6.45, 7) is 5.95. The third-order valence-corrected chi connectivity index (χ3v) is 5.59. The van der Waals surface area contributed by atoms with E-state index in [1.54, 1.807) is 0 Å². The summed E-state index contributed by atoms with van der Waals surface area (Å²) in [5.74, 6) is 0.864. The highest BCUT2D eigenvalue weighted by molar-refractivity contribution is 5.92. The first-order valence-electron chi connectivity index (χ1n) is 9.54. The van der Waals surface area contributed by atoms with Crippen molar-refractivity contribution >= 4 is 22.5 Å². The number of amides is 1. The molecule has 4 rings (SSSR count). The first-order valence-corrected chi connectivity index (χ1v) is 9.54. The maximum atomic E-state index is 12.4. The van der Waals surface area contributed by atoms with Gasteiger partial charge in [-0.25, -0.2) is 0 Å². The fourth-order valence-corrected chi connectivity index (χ4v) is 4.06. The predicted molar refractivity (Wildman–Crippen MR) is 103 cm³/mol. The smallest absolute Gasteiger partial charge is 0.237 e. The van der Waals surface area contributed by atoms with Crippen LogP contribution in [-0.4, -0.2) is 41.0 Å². The second kappa shape index (κ2) is 6.83. The van der Waals surface area contributed by atoms with Crippen LogP contribution in [0.5, 0.6) is 0 Å². The van der Waals surface area contributed by atoms with E-state index in [1.807, 2.05) is 25.4 Å². The Labute approximate surface area is 154 Å². The van der Waals surface area contributed by atoms with Crippen LogP contribution in [0.2, 0.25) is 0 Å². The van der Waals surface area contributed by atoms with Gasteiger partial charge < -0.3 is 16.0 Å². The molecule has 0 bridgehead atoms. The van der Waals surface area contributed by atoms with Gasteiger partial charge in [-0.1, -0.05) is 6.92 Å². The molecule has 6 heteroatoms. The third-order valence-electron chi connectivity index (χ3n) is 5.59. The molecule has 2 aliphatic rings. The van der Waals surface area contributed by atoms with E-state index in [2.05, 4.69) is 33.2 Å². The number of nitrogens with zero attached hydrogens (tertiary/aromatic N) is 3. The highest BCUT2D eigenvalue weighted by atomic mass is 16.2. The van der Waals surface area contributed by atoms with Crippen molar-refractivity contribution in [2.24, 2.45) is 17.6 Å². The summed E-state index contributed by atoms with van der Waals surface area (Å²) in [6.07, 6.45) is 6.88. The number of aromatic nitrogens is 2. The first kappa shape index (κ1) is 17.2. The van der Waals surface area contributed by atoms with E-state index < -0.39 is 0 Å². The number of nitrogens with one attached hydrogen (secondary N) is 1. The lowest BCUT2D eigenvalue weighted by Crippen LogP contribution is -2.54. The lowest BCUT2D eigenvalue weighted by atomic mass is 9.94. The van der Waals surface area contributed by atoms with E-state index in [4.69, 9.17) is 5.73 Å². The van der Waals surface area contributed by atoms with Crippen LogP contribution in [0.25, 0.3) is 10.9 Å². The second-order valence-corrected chi connectivity index (χ2v) is 7.94. The zero-order valence-electron chi connectivity index (χ0n) is 15.5. The molecule has 1 amide bonds. The minimum atomic E-state index is -0.355. The molecule has 1 aliphatic heterocycles. The second-order valence-electron chi connectivity index (χ2n) is 7.94. The molecular weight excluding hydrogens is 326 g/mol. The standard InChI is InChI=1S/C20H27N5O/c1-12-8-15(24-20(26)18(21)14-5-6-14)11-25(10-12)17-9-23-13(2)19-16(17)4-3-7-22-19/h3-4,7,9,12,14-15,18H,5-6,8,10-11,21H2,1-2H3,(H,24,26)/t12-,15+,18-/m0/s1. The molecule has 3 N–H and O–H groups in total. The summed E-state index contributed by atoms with van der Waals surface area (Å²) in [5.41, 5.74) is 9.04. The number of nitrogens with two attached hydrogens (primary N) is 1. The normalized spacial score (nSPS) is 24.5. The molecule has 2 aromatic heterocycles. The fraction of sp³-hybridized carbons (Fsp3) is 0.550. The van der Waals surface area contributed by atoms with Crippen LogP contribution in [0.4, 0.5) is 5.69 Å². The maximum absolute atomic E-state index is 12.4. The van der Waals surface area contributed by atoms with Crippen LogP contribution in [-0.2, 0) is 4.79 Å². The molecule has 0 aromatic carbocycles. The Morgan fingerprint density at radius 3 is 2.92 bits per heavy atom. The number of piperidine rings is 1. The molecule has 2 fully saturated rings. The van der Waals surface area contributed by atoms with Crippen molar-refractivity contribution in [3.63, 3.8) is 0 Å². The lowest BCUT2D eigenvalue weighted by molar-refractivity contribution is -0.123. The number of pyridine rings is 2. The summed E-state index contributed by atoms with van der Waals surface area (Å²) in [7, 11) is 0. The van der Waals surface area contributed by atoms with Gasteiger partial charge in [-0.2, -0.15) is 0 Å². The zero-order valence-corrected chi connectivity index (χ0v) is 15.5. The molecule has 0 unspecified atom stereocenters. The molecule has 1 aliphatic carbocycles. The Hall–Kier alpha value is -2.21. The number of hydrogen-bond acceptors (Lipinski definition) is 5. The Balaban J connectivity index is 1.55. The molecule has 0 spiro atoms. The van der Waals surface area contributed by atoms with Crippen LogP contribution in [0.3, 0.4) is 0 Å². The maximum Gasteiger partial charge on any atom is 0.237 e. The van der Waals surface area contributed by atoms with E-state index in [9.17, 15) is 4.79 Å². The molecule has 3 atom stereocenters. The molecular formula is C20H27N5O. The quantitative estimate of drug-likeness (QED) is 0.878. The van der Waals surface area contributed by atoms with Gasteiger partial charge >= 0.3 is 0 Å². The third kappa shape index (κ3) is 3.38. The van der Waals surface area contributed by atoms with Gasteiger partial charge in [0.15, 0.2) is 0 Å². The van der Waals surface area contributed by atoms with E-state index in [-0.39, 0.29) is 18.0 Å². The van der Waals surface area contributed by atoms with Crippen LogP contribution in [0, 0.1) is 18.8 Å². The van der Waals surface area contributed by atoms with Gasteiger partial charge in [-0.05, 0) is 50.2 Å². The van der Waals surface area contributed by atoms with Crippen LogP contribution < -0.4 is 16.0 Å². The number of rotatable bonds is 4. The van der Waals surface area contributed by atoms with Crippen molar-refractivity contribution in [1.29, 1.82) is 0 Å². The molecule has 3 heterocycles. The molecule has 6 nitrogen and oxygen atoms in total. The van der Waals surface area contributed by atoms with Crippen molar-refractivity contribution in [2.75, 3.05) is 18.0 Å². The van der Waals surface area contributed by atoms with Gasteiger partial charge in [0.25, 0.3) is 0 Å². The Bertz CT molecular complexity index is 819. The highest BCUT2D eigenvalue weighted by Gasteiger charge is 2.35. The van der Waals surface area contributed by atoms with Crippen LogP contribution >= 0.6 is 0 Å². The van der Waals surface area contributed by atoms with Gasteiger partial charge in [0.1, 0.15) is 0 Å². The molecule has 138 valence electrons. The van der Waals surface area contributed by atoms with E-state index >= 15 is 0 Å². The molecule has 2 aromatic rings. The summed E-state index contributed by atoms with van der Waals surface area (Å²) in [5, 5.41) is 4.31. The minimum Gasteiger partial charge on any atom is -0.367 e. The molecule has 0 radical (unpaired) electrons. The summed E-state index contributed by atoms with van der Waals surface area (Å²) in [4.78, 5) is 23.8. The number of carbonyl (C=O) groups excluding carboxylic acids is 1. The van der Waals surface area contributed by atoms with Gasteiger partial charge in [0, 0.05) is 30.7 Å². The van der Waals surface area contributed by atoms with E-state index in [0.717, 1.165) is 54.6 Å². The van der Waals surface area contributed by atoms with Gasteiger partial charge in [-0.15, -0.1) is 0 Å². The zero-order chi connectivity index (χ0) is 18.3. The van der Waals surface area contributed by atoms with Crippen molar-refractivity contribution in [2.45, 2.75) is 45.2 Å². The summed E-state index contributed by atoms with van der Waals surface area (Å²) in [6, 6.07) is 3.82. The highest BCUT2D eigenvalue weighted by Crippen LogP contribution is 2.32. The first-order chi connectivity index (χ1) is 12.5. The van der Waals surface area contributed by atoms with Crippen molar-refractivity contribution in [3.8, 4) is 0 Å². The number of anilines is 1. The Kier molecular flexibility index (Phi) is 4.53. The number of fused-ring (bicyclic) bond motifs is 1. The van der Waals surface area contributed by atoms with E-state index in [1.165, 1.54) is 0 Å². The number of carbonyl (C=O) groups is 1. The molecule has 26 heavy (non-hydrogen) atoms. The predicted octanol–water partition coefficient (Wildman–Crippen LogP) is 2.01. The largest absolute Gasteiger partial charge is 0.367 e. The Morgan fingerprint density at radius 1 is 1.35 bits per heavy atom. The van der Waals surface area contributed by atoms with Crippen molar-refractivity contribution in [1.82, 2.24) is 15.3 Å². The lowest BCUT2D eigenvalue weighted by Gasteiger charge is -2.39. The summed E-state index contributed by atoms with van der Waals surface area (Å²) < 4.78 is 0. The molecule has 1 saturated heterocycles. The number of hydrogen-bond donors (Lipinski definition) is 2. The van der Waals surface area contributed by atoms with Crippen LogP contribution in [0.15, 0.2) is 24.5 Å². The Morgan fingerprint density at radius 2 is 2.15 bits per heavy atom. The average Bonchev–Trinajstić information content (AvgIpc) is 3.46. The fourth-order valence-electron chi connectivity index (χ4n) is 4.06. The molecule has 1 saturated carbocycles. The average molecular weight is 353 g/mol. The van der Waals surface area contributed by atoms with Crippen LogP contribution in [0.1, 0.15) is 31.9 Å². The van der Waals surface area contributed by atoms with Gasteiger partial charge in [0.05, 0.1) is 29.1 Å². The monoisotopic (exact) mass is 353 g/mol. The van der Waals surface area contributed by atoms with Crippen molar-refractivity contribution < 1.29 is 4.79 Å². The van der Waals surface area contributed by atoms with Crippen molar-refractivity contribution in [3.05, 3.63) is 30.2 Å². The van der Waals surface area contributed by atoms with E-state index in [0.29, 0.717) is 11.8 Å². The topological polar surface area (TPSA) is 84.1 Å². The van der Waals surface area contributed by atoms with Gasteiger partial charge in [-0.3, -0.25) is 14.8 Å². The summed E-state index contributed by atoms with van der Waals surface area (Å²) >= 11 is 0. The SMILES string of the molecule is Cc1ncc(N2C[C@@H](C)C[C@@H](NC(=O)[C@@H](N)C3CC3)C2)c2cccnc12. The van der Waals surface area contributed by atoms with Gasteiger partial charge in [0.2, 0.25) is 5.91 Å². The number of aryl methyl sites for hydroxylation is 1. The minimum absolute atomic E-state index is 0.0000980.